The molecule has 0 atom stereocenters. The Balaban J connectivity index is 1.45. The topological polar surface area (TPSA) is 115 Å². The number of nitrogens with one attached hydrogen (secondary N) is 2. The Hall–Kier alpha value is -4.24. The van der Waals surface area contributed by atoms with Crippen LogP contribution in [-0.4, -0.2) is 28.0 Å². The lowest BCUT2D eigenvalue weighted by molar-refractivity contribution is 0.102. The normalized spacial score (nSPS) is 11.0. The van der Waals surface area contributed by atoms with Crippen LogP contribution < -0.4 is 21.1 Å². The number of benzene rings is 2. The number of aryl methyl sites for hydroxylation is 1. The number of nitrogens with two attached hydrogens (primary N) is 1. The third-order valence-electron chi connectivity index (χ3n) is 5.64. The van der Waals surface area contributed by atoms with E-state index in [4.69, 9.17) is 10.5 Å². The summed E-state index contributed by atoms with van der Waals surface area (Å²) in [5.74, 6) is 1.68. The maximum absolute atomic E-state index is 13.2. The Morgan fingerprint density at radius 3 is 2.68 bits per heavy atom. The molecule has 34 heavy (non-hydrogen) atoms. The first kappa shape index (κ1) is 21.6. The highest BCUT2D eigenvalue weighted by molar-refractivity contribution is 7.18. The number of fused-ring (bicyclic) bond motifs is 2. The van der Waals surface area contributed by atoms with Crippen LogP contribution in [0.5, 0.6) is 5.75 Å². The molecule has 0 radical (unpaired) electrons. The van der Waals surface area contributed by atoms with Crippen LogP contribution in [0.25, 0.3) is 21.0 Å². The summed E-state index contributed by atoms with van der Waals surface area (Å²) in [5.41, 5.74) is 9.74. The minimum Gasteiger partial charge on any atom is -0.497 e. The fraction of sp³-hybridized carbons (Fsp3) is 0.120. The lowest BCUT2D eigenvalue weighted by atomic mass is 10.0. The van der Waals surface area contributed by atoms with Crippen molar-refractivity contribution in [3.8, 4) is 5.75 Å². The second-order valence-corrected chi connectivity index (χ2v) is 8.63. The van der Waals surface area contributed by atoms with E-state index in [1.807, 2.05) is 49.4 Å². The molecule has 0 fully saturated rings. The van der Waals surface area contributed by atoms with Gasteiger partial charge in [0.25, 0.3) is 5.91 Å². The van der Waals surface area contributed by atoms with E-state index < -0.39 is 0 Å². The van der Waals surface area contributed by atoms with E-state index in [0.29, 0.717) is 28.1 Å². The molecule has 5 aromatic rings. The van der Waals surface area contributed by atoms with E-state index in [2.05, 4.69) is 25.6 Å². The van der Waals surface area contributed by atoms with Gasteiger partial charge in [-0.2, -0.15) is 0 Å². The number of anilines is 3. The average Bonchev–Trinajstić information content (AvgIpc) is 3.30. The number of nitrogens with zero attached hydrogens (tertiary/aromatic N) is 3. The monoisotopic (exact) mass is 470 g/mol. The van der Waals surface area contributed by atoms with E-state index in [1.165, 1.54) is 17.7 Å². The number of aromatic nitrogens is 3. The van der Waals surface area contributed by atoms with Gasteiger partial charge in [-0.05, 0) is 36.2 Å². The van der Waals surface area contributed by atoms with E-state index in [1.54, 1.807) is 18.7 Å². The molecule has 0 spiro atoms. The molecule has 0 aliphatic carbocycles. The van der Waals surface area contributed by atoms with Crippen molar-refractivity contribution in [1.82, 2.24) is 15.0 Å². The molecule has 0 aliphatic heterocycles. The van der Waals surface area contributed by atoms with Crippen LogP contribution in [0.1, 0.15) is 21.5 Å². The Morgan fingerprint density at radius 1 is 1.06 bits per heavy atom. The lowest BCUT2D eigenvalue weighted by Crippen LogP contribution is -2.13. The van der Waals surface area contributed by atoms with Crippen LogP contribution in [0.15, 0.2) is 60.4 Å². The van der Waals surface area contributed by atoms with Crippen LogP contribution in [0.2, 0.25) is 0 Å². The lowest BCUT2D eigenvalue weighted by Gasteiger charge is -2.15. The first-order valence-electron chi connectivity index (χ1n) is 10.6. The highest BCUT2D eigenvalue weighted by atomic mass is 32.1. The summed E-state index contributed by atoms with van der Waals surface area (Å²) >= 11 is 1.36. The summed E-state index contributed by atoms with van der Waals surface area (Å²) < 4.78 is 5.93. The van der Waals surface area contributed by atoms with Crippen molar-refractivity contribution < 1.29 is 9.53 Å². The maximum Gasteiger partial charge on any atom is 0.258 e. The molecule has 0 saturated carbocycles. The van der Waals surface area contributed by atoms with E-state index >= 15 is 0 Å². The number of thiophene rings is 1. The number of amides is 1. The van der Waals surface area contributed by atoms with Gasteiger partial charge in [0.15, 0.2) is 0 Å². The fourth-order valence-electron chi connectivity index (χ4n) is 3.81. The van der Waals surface area contributed by atoms with Crippen molar-refractivity contribution in [2.24, 2.45) is 0 Å². The summed E-state index contributed by atoms with van der Waals surface area (Å²) in [4.78, 5) is 26.0. The number of carbonyl (C=O) groups excluding carboxylic acids is 1. The Bertz CT molecular complexity index is 1510. The Labute approximate surface area is 199 Å². The highest BCUT2D eigenvalue weighted by Crippen LogP contribution is 2.33. The SMILES string of the molecule is COc1ccc(CNc2nccc3c(NC(=O)c4csc5c(N)ncnc45)c(C)ccc23)cc1. The molecule has 170 valence electrons. The van der Waals surface area contributed by atoms with Gasteiger partial charge >= 0.3 is 0 Å². The van der Waals surface area contributed by atoms with Crippen molar-refractivity contribution in [3.63, 3.8) is 0 Å². The molecular weight excluding hydrogens is 448 g/mol. The summed E-state index contributed by atoms with van der Waals surface area (Å²) in [6.45, 7) is 2.57. The third kappa shape index (κ3) is 3.97. The smallest absolute Gasteiger partial charge is 0.258 e. The zero-order valence-electron chi connectivity index (χ0n) is 18.6. The predicted molar refractivity (Wildman–Crippen MR) is 137 cm³/mol. The first-order chi connectivity index (χ1) is 16.5. The van der Waals surface area contributed by atoms with Gasteiger partial charge in [-0.1, -0.05) is 24.3 Å². The molecule has 3 heterocycles. The van der Waals surface area contributed by atoms with Crippen LogP contribution >= 0.6 is 11.3 Å². The van der Waals surface area contributed by atoms with Crippen LogP contribution in [0.4, 0.5) is 17.3 Å². The molecule has 3 aromatic heterocycles. The summed E-state index contributed by atoms with van der Waals surface area (Å²) in [7, 11) is 1.65. The first-order valence-corrected chi connectivity index (χ1v) is 11.5. The number of ether oxygens (including phenoxy) is 1. The number of pyridine rings is 1. The molecule has 0 bridgehead atoms. The average molecular weight is 471 g/mol. The van der Waals surface area contributed by atoms with Gasteiger partial charge in [0.05, 0.1) is 28.6 Å². The van der Waals surface area contributed by atoms with Crippen molar-refractivity contribution >= 4 is 55.6 Å². The number of carbonyl (C=O) groups is 1. The van der Waals surface area contributed by atoms with Crippen LogP contribution in [0.3, 0.4) is 0 Å². The van der Waals surface area contributed by atoms with Crippen molar-refractivity contribution in [3.05, 3.63) is 77.1 Å². The zero-order valence-corrected chi connectivity index (χ0v) is 19.4. The predicted octanol–water partition coefficient (Wildman–Crippen LogP) is 5.00. The van der Waals surface area contributed by atoms with Crippen molar-refractivity contribution in [2.75, 3.05) is 23.5 Å². The van der Waals surface area contributed by atoms with Gasteiger partial charge in [-0.3, -0.25) is 4.79 Å². The standard InChI is InChI=1S/C25H22N6O2S/c1-14-3-8-18-17(9-10-27-24(18)28-11-15-4-6-16(33-2)7-5-15)20(14)31-25(32)19-12-34-22-21(19)29-13-30-23(22)26/h3-10,12-13H,11H2,1-2H3,(H,27,28)(H,31,32)(H2,26,29,30). The fourth-order valence-corrected chi connectivity index (χ4v) is 4.71. The number of hydrogen-bond donors (Lipinski definition) is 3. The summed E-state index contributed by atoms with van der Waals surface area (Å²) in [5, 5.41) is 10.1. The van der Waals surface area contributed by atoms with Gasteiger partial charge in [0.1, 0.15) is 23.7 Å². The molecule has 0 aliphatic rings. The van der Waals surface area contributed by atoms with Crippen LogP contribution in [-0.2, 0) is 6.54 Å². The second-order valence-electron chi connectivity index (χ2n) is 7.75. The minimum absolute atomic E-state index is 0.246. The second kappa shape index (κ2) is 8.95. The van der Waals surface area contributed by atoms with Gasteiger partial charge in [0, 0.05) is 28.9 Å². The molecule has 9 heteroatoms. The van der Waals surface area contributed by atoms with Gasteiger partial charge in [-0.15, -0.1) is 11.3 Å². The van der Waals surface area contributed by atoms with Gasteiger partial charge in [0.2, 0.25) is 0 Å². The van der Waals surface area contributed by atoms with E-state index in [9.17, 15) is 4.79 Å². The molecule has 0 saturated heterocycles. The van der Waals surface area contributed by atoms with Gasteiger partial charge in [-0.25, -0.2) is 15.0 Å². The Morgan fingerprint density at radius 2 is 1.88 bits per heavy atom. The molecule has 0 unspecified atom stereocenters. The molecule has 2 aromatic carbocycles. The maximum atomic E-state index is 13.2. The highest BCUT2D eigenvalue weighted by Gasteiger charge is 2.18. The largest absolute Gasteiger partial charge is 0.497 e. The van der Waals surface area contributed by atoms with E-state index in [0.717, 1.165) is 39.2 Å². The van der Waals surface area contributed by atoms with Crippen LogP contribution in [0, 0.1) is 6.92 Å². The molecule has 4 N–H and O–H groups in total. The zero-order chi connectivity index (χ0) is 23.7. The number of hydrogen-bond acceptors (Lipinski definition) is 8. The number of nitrogen functional groups attached to an aromatic ring is 1. The van der Waals surface area contributed by atoms with Crippen molar-refractivity contribution in [1.29, 1.82) is 0 Å². The third-order valence-corrected chi connectivity index (χ3v) is 6.63. The van der Waals surface area contributed by atoms with Gasteiger partial charge < -0.3 is 21.1 Å². The van der Waals surface area contributed by atoms with Crippen molar-refractivity contribution in [2.45, 2.75) is 13.5 Å². The minimum atomic E-state index is -0.246. The molecule has 8 nitrogen and oxygen atoms in total. The number of rotatable bonds is 6. The molecular formula is C25H22N6O2S. The van der Waals surface area contributed by atoms with E-state index in [-0.39, 0.29) is 5.91 Å². The molecule has 1 amide bonds. The summed E-state index contributed by atoms with van der Waals surface area (Å²) in [6.07, 6.45) is 3.11. The Kier molecular flexibility index (Phi) is 5.69. The molecule has 5 rings (SSSR count). The summed E-state index contributed by atoms with van der Waals surface area (Å²) in [6, 6.07) is 13.8. The number of methoxy groups -OCH3 is 1. The quantitative estimate of drug-likeness (QED) is 0.320.